The van der Waals surface area contributed by atoms with Crippen molar-refractivity contribution in [3.63, 3.8) is 0 Å². The first-order valence-corrected chi connectivity index (χ1v) is 8.90. The Kier molecular flexibility index (Phi) is 4.44. The number of para-hydroxylation sites is 1. The molecule has 0 amide bonds. The Hall–Kier alpha value is -3.45. The molecular formula is C20H14ClN3O4. The average Bonchev–Trinajstić information content (AvgIpc) is 3.12. The monoisotopic (exact) mass is 395 g/mol. The van der Waals surface area contributed by atoms with Crippen molar-refractivity contribution in [3.05, 3.63) is 69.2 Å². The number of non-ortho nitro benzene ring substituents is 1. The van der Waals surface area contributed by atoms with Crippen molar-refractivity contribution in [3.8, 4) is 11.3 Å². The van der Waals surface area contributed by atoms with Gasteiger partial charge in [0.25, 0.3) is 5.69 Å². The number of carbonyl (C=O) groups excluding carboxylic acids is 1. The summed E-state index contributed by atoms with van der Waals surface area (Å²) in [6.07, 6.45) is 0. The summed E-state index contributed by atoms with van der Waals surface area (Å²) in [5, 5.41) is 12.9. The van der Waals surface area contributed by atoms with Crippen LogP contribution >= 0.6 is 11.6 Å². The van der Waals surface area contributed by atoms with E-state index in [2.05, 4.69) is 9.97 Å². The molecule has 140 valence electrons. The van der Waals surface area contributed by atoms with E-state index in [1.54, 1.807) is 43.3 Å². The molecule has 0 aliphatic heterocycles. The Morgan fingerprint density at radius 3 is 2.64 bits per heavy atom. The van der Waals surface area contributed by atoms with Crippen LogP contribution in [0.1, 0.15) is 17.3 Å². The van der Waals surface area contributed by atoms with E-state index in [0.29, 0.717) is 33.6 Å². The Morgan fingerprint density at radius 1 is 1.21 bits per heavy atom. The average molecular weight is 396 g/mol. The number of nitrogens with one attached hydrogen (secondary N) is 1. The number of rotatable bonds is 4. The fourth-order valence-electron chi connectivity index (χ4n) is 3.09. The maximum absolute atomic E-state index is 11.8. The van der Waals surface area contributed by atoms with Crippen LogP contribution in [0.15, 0.2) is 48.5 Å². The van der Waals surface area contributed by atoms with Crippen molar-refractivity contribution < 1.29 is 14.5 Å². The van der Waals surface area contributed by atoms with Crippen molar-refractivity contribution in [1.82, 2.24) is 9.97 Å². The third-order valence-electron chi connectivity index (χ3n) is 4.41. The molecule has 2 heterocycles. The lowest BCUT2D eigenvalue weighted by molar-refractivity contribution is -0.383. The number of hydrogen-bond acceptors (Lipinski definition) is 5. The maximum Gasteiger partial charge on any atom is 0.338 e. The normalized spacial score (nSPS) is 11.1. The number of benzene rings is 2. The topological polar surface area (TPSA) is 98.1 Å². The van der Waals surface area contributed by atoms with Gasteiger partial charge in [-0.25, -0.2) is 9.78 Å². The second kappa shape index (κ2) is 6.94. The zero-order valence-electron chi connectivity index (χ0n) is 14.7. The number of aromatic amines is 1. The summed E-state index contributed by atoms with van der Waals surface area (Å²) in [5.41, 5.74) is 2.60. The minimum absolute atomic E-state index is 0.101. The van der Waals surface area contributed by atoms with Crippen LogP contribution in [0.4, 0.5) is 5.69 Å². The standard InChI is InChI=1S/C20H14ClN3O4/c1-2-28-20(25)12-8-6-11(7-9-12)15-10-14-17(21)13-4-3-5-16(24(26)27)18(13)23-19(14)22-15/h3-10H,2H2,1H3,(H,22,23). The van der Waals surface area contributed by atoms with E-state index in [1.807, 2.05) is 6.07 Å². The lowest BCUT2D eigenvalue weighted by atomic mass is 10.1. The van der Waals surface area contributed by atoms with E-state index in [0.717, 1.165) is 11.3 Å². The van der Waals surface area contributed by atoms with Gasteiger partial charge in [0.1, 0.15) is 5.65 Å². The first kappa shape index (κ1) is 17.9. The molecule has 4 aromatic rings. The summed E-state index contributed by atoms with van der Waals surface area (Å²) in [4.78, 5) is 30.2. The number of fused-ring (bicyclic) bond motifs is 2. The molecular weight excluding hydrogens is 382 g/mol. The summed E-state index contributed by atoms with van der Waals surface area (Å²) >= 11 is 6.51. The molecule has 0 fully saturated rings. The van der Waals surface area contributed by atoms with Gasteiger partial charge in [-0.2, -0.15) is 0 Å². The van der Waals surface area contributed by atoms with Gasteiger partial charge in [0.05, 0.1) is 22.1 Å². The van der Waals surface area contributed by atoms with Gasteiger partial charge in [-0.05, 0) is 30.7 Å². The molecule has 0 spiro atoms. The number of esters is 1. The largest absolute Gasteiger partial charge is 0.462 e. The van der Waals surface area contributed by atoms with Crippen molar-refractivity contribution in [1.29, 1.82) is 0 Å². The highest BCUT2D eigenvalue weighted by atomic mass is 35.5. The highest BCUT2D eigenvalue weighted by Gasteiger charge is 2.18. The zero-order chi connectivity index (χ0) is 19.8. The fraction of sp³-hybridized carbons (Fsp3) is 0.100. The van der Waals surface area contributed by atoms with Crippen LogP contribution in [-0.2, 0) is 4.74 Å². The number of hydrogen-bond donors (Lipinski definition) is 1. The van der Waals surface area contributed by atoms with E-state index in [4.69, 9.17) is 16.3 Å². The Balaban J connectivity index is 1.83. The minimum Gasteiger partial charge on any atom is -0.462 e. The number of nitro groups is 1. The van der Waals surface area contributed by atoms with Crippen LogP contribution in [0.2, 0.25) is 5.02 Å². The first-order valence-electron chi connectivity index (χ1n) is 8.52. The first-order chi connectivity index (χ1) is 13.5. The van der Waals surface area contributed by atoms with Crippen molar-refractivity contribution in [2.45, 2.75) is 6.92 Å². The van der Waals surface area contributed by atoms with Gasteiger partial charge in [-0.3, -0.25) is 10.1 Å². The number of nitro benzene ring substituents is 1. The van der Waals surface area contributed by atoms with Crippen LogP contribution in [0.5, 0.6) is 0 Å². The van der Waals surface area contributed by atoms with Gasteiger partial charge >= 0.3 is 5.97 Å². The molecule has 7 nitrogen and oxygen atoms in total. The number of carbonyl (C=O) groups is 1. The molecule has 0 aliphatic carbocycles. The summed E-state index contributed by atoms with van der Waals surface area (Å²) in [6, 6.07) is 13.4. The summed E-state index contributed by atoms with van der Waals surface area (Å²) in [5.74, 6) is -0.381. The third-order valence-corrected chi connectivity index (χ3v) is 4.82. The van der Waals surface area contributed by atoms with Gasteiger partial charge in [-0.1, -0.05) is 35.9 Å². The van der Waals surface area contributed by atoms with E-state index < -0.39 is 4.92 Å². The van der Waals surface area contributed by atoms with Gasteiger partial charge in [-0.15, -0.1) is 0 Å². The van der Waals surface area contributed by atoms with Gasteiger partial charge < -0.3 is 9.72 Å². The molecule has 0 saturated carbocycles. The van der Waals surface area contributed by atoms with Crippen molar-refractivity contribution >= 4 is 45.2 Å². The van der Waals surface area contributed by atoms with Crippen LogP contribution < -0.4 is 0 Å². The van der Waals surface area contributed by atoms with Crippen molar-refractivity contribution in [2.24, 2.45) is 0 Å². The van der Waals surface area contributed by atoms with Gasteiger partial charge in [0.15, 0.2) is 5.52 Å². The molecule has 2 aromatic carbocycles. The molecule has 0 radical (unpaired) electrons. The molecule has 0 aliphatic rings. The molecule has 8 heteroatoms. The molecule has 0 bridgehead atoms. The molecule has 0 atom stereocenters. The molecule has 0 unspecified atom stereocenters. The number of halogens is 1. The number of pyridine rings is 1. The quantitative estimate of drug-likeness (QED) is 0.293. The van der Waals surface area contributed by atoms with Crippen LogP contribution in [0.25, 0.3) is 33.2 Å². The lowest BCUT2D eigenvalue weighted by Crippen LogP contribution is -2.03. The minimum atomic E-state index is -0.477. The van der Waals surface area contributed by atoms with Gasteiger partial charge in [0.2, 0.25) is 0 Å². The summed E-state index contributed by atoms with van der Waals surface area (Å²) < 4.78 is 4.98. The molecule has 0 saturated heterocycles. The second-order valence-corrected chi connectivity index (χ2v) is 6.48. The zero-order valence-corrected chi connectivity index (χ0v) is 15.5. The van der Waals surface area contributed by atoms with E-state index in [9.17, 15) is 14.9 Å². The predicted octanol–water partition coefficient (Wildman–Crippen LogP) is 5.12. The highest BCUT2D eigenvalue weighted by Crippen LogP contribution is 2.36. The molecule has 2 aromatic heterocycles. The number of aromatic nitrogens is 2. The Bertz CT molecular complexity index is 1230. The number of nitrogens with zero attached hydrogens (tertiary/aromatic N) is 2. The Labute approximate surface area is 164 Å². The highest BCUT2D eigenvalue weighted by molar-refractivity contribution is 6.40. The molecule has 1 N–H and O–H groups in total. The van der Waals surface area contributed by atoms with E-state index >= 15 is 0 Å². The van der Waals surface area contributed by atoms with Crippen LogP contribution in [0.3, 0.4) is 0 Å². The summed E-state index contributed by atoms with van der Waals surface area (Å²) in [6.45, 7) is 2.06. The number of H-pyrrole nitrogens is 1. The molecule has 28 heavy (non-hydrogen) atoms. The van der Waals surface area contributed by atoms with E-state index in [1.165, 1.54) is 6.07 Å². The maximum atomic E-state index is 11.8. The lowest BCUT2D eigenvalue weighted by Gasteiger charge is -2.02. The second-order valence-electron chi connectivity index (χ2n) is 6.10. The van der Waals surface area contributed by atoms with Crippen LogP contribution in [0, 0.1) is 10.1 Å². The predicted molar refractivity (Wildman–Crippen MR) is 107 cm³/mol. The van der Waals surface area contributed by atoms with Crippen LogP contribution in [-0.4, -0.2) is 27.5 Å². The van der Waals surface area contributed by atoms with E-state index in [-0.39, 0.29) is 17.2 Å². The van der Waals surface area contributed by atoms with Gasteiger partial charge in [0, 0.05) is 22.5 Å². The number of ether oxygens (including phenoxy) is 1. The SMILES string of the molecule is CCOC(=O)c1ccc(-c2cc3c(Cl)c4cccc([N+](=O)[O-])c4nc3[nH]2)cc1. The Morgan fingerprint density at radius 2 is 1.96 bits per heavy atom. The third kappa shape index (κ3) is 2.95. The molecule has 4 rings (SSSR count). The smallest absolute Gasteiger partial charge is 0.338 e. The summed E-state index contributed by atoms with van der Waals surface area (Å²) in [7, 11) is 0. The van der Waals surface area contributed by atoms with Crippen molar-refractivity contribution in [2.75, 3.05) is 6.61 Å². The fourth-order valence-corrected chi connectivity index (χ4v) is 3.38.